The Morgan fingerprint density at radius 2 is 2.24 bits per heavy atom. The second-order valence-corrected chi connectivity index (χ2v) is 4.96. The largest absolute Gasteiger partial charge is 0.482 e. The summed E-state index contributed by atoms with van der Waals surface area (Å²) in [7, 11) is 0. The molecule has 9 heteroatoms. The van der Waals surface area contributed by atoms with Gasteiger partial charge in [0, 0.05) is 5.02 Å². The molecule has 0 saturated heterocycles. The van der Waals surface area contributed by atoms with Gasteiger partial charge in [0.05, 0.1) is 11.6 Å². The molecule has 0 aliphatic carbocycles. The Balaban J connectivity index is 1.86. The fraction of sp³-hybridized carbons (Fsp3) is 0.333. The van der Waals surface area contributed by atoms with Crippen LogP contribution in [-0.2, 0) is 11.3 Å². The van der Waals surface area contributed by atoms with Gasteiger partial charge in [-0.05, 0) is 29.8 Å². The molecule has 1 amide bonds. The van der Waals surface area contributed by atoms with Crippen molar-refractivity contribution in [1.29, 1.82) is 0 Å². The van der Waals surface area contributed by atoms with Crippen molar-refractivity contribution < 1.29 is 9.53 Å². The van der Waals surface area contributed by atoms with E-state index in [4.69, 9.17) is 27.9 Å². The fourth-order valence-corrected chi connectivity index (χ4v) is 1.95. The zero-order valence-electron chi connectivity index (χ0n) is 11.2. The van der Waals surface area contributed by atoms with Crippen LogP contribution in [0.2, 0.25) is 10.0 Å². The van der Waals surface area contributed by atoms with Crippen LogP contribution in [0.5, 0.6) is 5.75 Å². The molecule has 0 saturated carbocycles. The van der Waals surface area contributed by atoms with Crippen LogP contribution in [0.25, 0.3) is 0 Å². The lowest BCUT2D eigenvalue weighted by atomic mass is 10.3. The third-order valence-corrected chi connectivity index (χ3v) is 2.91. The van der Waals surface area contributed by atoms with E-state index in [1.165, 1.54) is 10.9 Å². The van der Waals surface area contributed by atoms with E-state index in [9.17, 15) is 4.79 Å². The molecule has 0 aliphatic heterocycles. The number of hydrogen-bond acceptors (Lipinski definition) is 5. The number of amides is 1. The van der Waals surface area contributed by atoms with Gasteiger partial charge in [0.15, 0.2) is 6.61 Å². The van der Waals surface area contributed by atoms with Gasteiger partial charge in [0.1, 0.15) is 5.75 Å². The molecule has 0 unspecified atom stereocenters. The van der Waals surface area contributed by atoms with Crippen LogP contribution >= 0.6 is 23.2 Å². The van der Waals surface area contributed by atoms with E-state index < -0.39 is 5.91 Å². The molecule has 21 heavy (non-hydrogen) atoms. The molecule has 0 spiro atoms. The van der Waals surface area contributed by atoms with Crippen molar-refractivity contribution in [3.8, 4) is 5.75 Å². The van der Waals surface area contributed by atoms with E-state index >= 15 is 0 Å². The van der Waals surface area contributed by atoms with Gasteiger partial charge >= 0.3 is 0 Å². The maximum absolute atomic E-state index is 11.7. The Kier molecular flexibility index (Phi) is 5.35. The Hall–Kier alpha value is -1.86. The van der Waals surface area contributed by atoms with Crippen LogP contribution < -0.4 is 10.1 Å². The minimum absolute atomic E-state index is 0.138. The summed E-state index contributed by atoms with van der Waals surface area (Å²) >= 11 is 11.7. The highest BCUT2D eigenvalue weighted by molar-refractivity contribution is 6.35. The standard InChI is InChI=1S/C12H13Cl2N5O2/c1-2-5-19-17-12(16-18-19)15-11(20)7-21-10-4-3-8(13)6-9(10)14/h3-4,6H,2,5,7H2,1H3,(H,15,17,20). The van der Waals surface area contributed by atoms with Crippen LogP contribution in [-0.4, -0.2) is 32.7 Å². The van der Waals surface area contributed by atoms with Crippen molar-refractivity contribution in [1.82, 2.24) is 20.2 Å². The molecule has 7 nitrogen and oxygen atoms in total. The first kappa shape index (κ1) is 15.5. The Morgan fingerprint density at radius 1 is 1.43 bits per heavy atom. The average Bonchev–Trinajstić information content (AvgIpc) is 2.85. The van der Waals surface area contributed by atoms with E-state index in [1.807, 2.05) is 6.92 Å². The van der Waals surface area contributed by atoms with Gasteiger partial charge in [0.25, 0.3) is 11.9 Å². The number of benzene rings is 1. The number of nitrogens with zero attached hydrogens (tertiary/aromatic N) is 4. The van der Waals surface area contributed by atoms with E-state index in [0.29, 0.717) is 22.3 Å². The zero-order valence-corrected chi connectivity index (χ0v) is 12.7. The Morgan fingerprint density at radius 3 is 2.95 bits per heavy atom. The predicted molar refractivity (Wildman–Crippen MR) is 78.7 cm³/mol. The molecular weight excluding hydrogens is 317 g/mol. The fourth-order valence-electron chi connectivity index (χ4n) is 1.48. The number of carbonyl (C=O) groups is 1. The molecule has 2 rings (SSSR count). The van der Waals surface area contributed by atoms with Gasteiger partial charge in [-0.1, -0.05) is 35.2 Å². The average molecular weight is 330 g/mol. The van der Waals surface area contributed by atoms with Gasteiger partial charge in [-0.2, -0.15) is 4.80 Å². The lowest BCUT2D eigenvalue weighted by Crippen LogP contribution is -2.21. The van der Waals surface area contributed by atoms with E-state index in [2.05, 4.69) is 20.7 Å². The smallest absolute Gasteiger partial charge is 0.270 e. The van der Waals surface area contributed by atoms with Crippen LogP contribution in [0.1, 0.15) is 13.3 Å². The van der Waals surface area contributed by atoms with Gasteiger partial charge in [-0.25, -0.2) is 0 Å². The second kappa shape index (κ2) is 7.24. The number of halogens is 2. The summed E-state index contributed by atoms with van der Waals surface area (Å²) in [6.07, 6.45) is 0.877. The van der Waals surface area contributed by atoms with Crippen LogP contribution in [0, 0.1) is 0 Å². The normalized spacial score (nSPS) is 10.4. The summed E-state index contributed by atoms with van der Waals surface area (Å²) in [5.41, 5.74) is 0. The molecule has 112 valence electrons. The highest BCUT2D eigenvalue weighted by atomic mass is 35.5. The number of anilines is 1. The lowest BCUT2D eigenvalue weighted by molar-refractivity contribution is -0.118. The summed E-state index contributed by atoms with van der Waals surface area (Å²) < 4.78 is 5.29. The molecule has 0 atom stereocenters. The minimum Gasteiger partial charge on any atom is -0.482 e. The number of hydrogen-bond donors (Lipinski definition) is 1. The quantitative estimate of drug-likeness (QED) is 0.879. The van der Waals surface area contributed by atoms with Gasteiger partial charge in [0.2, 0.25) is 0 Å². The molecule has 1 aromatic heterocycles. The lowest BCUT2D eigenvalue weighted by Gasteiger charge is -2.07. The van der Waals surface area contributed by atoms with Gasteiger partial charge in [-0.3, -0.25) is 10.1 Å². The second-order valence-electron chi connectivity index (χ2n) is 4.12. The number of aryl methyl sites for hydroxylation is 1. The molecule has 0 aliphatic rings. The van der Waals surface area contributed by atoms with E-state index in [0.717, 1.165) is 6.42 Å². The van der Waals surface area contributed by atoms with Crippen molar-refractivity contribution in [2.24, 2.45) is 0 Å². The summed E-state index contributed by atoms with van der Waals surface area (Å²) in [4.78, 5) is 13.1. The number of nitrogens with one attached hydrogen (secondary N) is 1. The summed E-state index contributed by atoms with van der Waals surface area (Å²) in [6.45, 7) is 2.41. The van der Waals surface area contributed by atoms with Gasteiger partial charge in [-0.15, -0.1) is 5.10 Å². The maximum atomic E-state index is 11.7. The van der Waals surface area contributed by atoms with Crippen LogP contribution in [0.3, 0.4) is 0 Å². The molecule has 0 fully saturated rings. The van der Waals surface area contributed by atoms with E-state index in [1.54, 1.807) is 12.1 Å². The first-order valence-electron chi connectivity index (χ1n) is 6.24. The third kappa shape index (κ3) is 4.57. The monoisotopic (exact) mass is 329 g/mol. The molecule has 0 bridgehead atoms. The summed E-state index contributed by atoms with van der Waals surface area (Å²) in [5, 5.41) is 14.8. The molecular formula is C12H13Cl2N5O2. The first-order valence-corrected chi connectivity index (χ1v) is 6.99. The number of ether oxygens (including phenoxy) is 1. The first-order chi connectivity index (χ1) is 10.1. The number of aromatic nitrogens is 4. The molecule has 2 aromatic rings. The number of carbonyl (C=O) groups excluding carboxylic acids is 1. The van der Waals surface area contributed by atoms with E-state index in [-0.39, 0.29) is 12.6 Å². The van der Waals surface area contributed by atoms with Crippen molar-refractivity contribution in [3.63, 3.8) is 0 Å². The van der Waals surface area contributed by atoms with Crippen molar-refractivity contribution in [3.05, 3.63) is 28.2 Å². The topological polar surface area (TPSA) is 81.9 Å². The maximum Gasteiger partial charge on any atom is 0.270 e. The molecule has 1 N–H and O–H groups in total. The molecule has 1 aromatic carbocycles. The van der Waals surface area contributed by atoms with Gasteiger partial charge < -0.3 is 4.74 Å². The zero-order chi connectivity index (χ0) is 15.2. The third-order valence-electron chi connectivity index (χ3n) is 2.38. The minimum atomic E-state index is -0.405. The number of tetrazole rings is 1. The molecule has 1 heterocycles. The van der Waals surface area contributed by atoms with Crippen LogP contribution in [0.15, 0.2) is 18.2 Å². The highest BCUT2D eigenvalue weighted by Crippen LogP contribution is 2.27. The summed E-state index contributed by atoms with van der Waals surface area (Å²) in [6, 6.07) is 4.75. The predicted octanol–water partition coefficient (Wildman–Crippen LogP) is 2.41. The SMILES string of the molecule is CCCn1nnc(NC(=O)COc2ccc(Cl)cc2Cl)n1. The van der Waals surface area contributed by atoms with Crippen molar-refractivity contribution >= 4 is 35.1 Å². The van der Waals surface area contributed by atoms with Crippen LogP contribution in [0.4, 0.5) is 5.95 Å². The summed E-state index contributed by atoms with van der Waals surface area (Å²) in [5.74, 6) is 0.107. The highest BCUT2D eigenvalue weighted by Gasteiger charge is 2.09. The Labute approximate surface area is 131 Å². The molecule has 0 radical (unpaired) electrons. The van der Waals surface area contributed by atoms with Crippen molar-refractivity contribution in [2.45, 2.75) is 19.9 Å². The Bertz CT molecular complexity index is 632. The van der Waals surface area contributed by atoms with Crippen molar-refractivity contribution in [2.75, 3.05) is 11.9 Å². The number of rotatable bonds is 6.